The zero-order valence-corrected chi connectivity index (χ0v) is 10.3. The SMILES string of the molecule is CCS(=O)(=O)CCOc1cc(C)cc(O)c1. The Bertz CT molecular complexity index is 431. The van der Waals surface area contributed by atoms with Crippen molar-refractivity contribution in [2.45, 2.75) is 13.8 Å². The second kappa shape index (κ2) is 5.21. The van der Waals surface area contributed by atoms with Crippen molar-refractivity contribution >= 4 is 9.84 Å². The van der Waals surface area contributed by atoms with Crippen molar-refractivity contribution < 1.29 is 18.3 Å². The molecule has 0 saturated heterocycles. The van der Waals surface area contributed by atoms with Crippen LogP contribution in [0.1, 0.15) is 12.5 Å². The molecule has 0 fully saturated rings. The summed E-state index contributed by atoms with van der Waals surface area (Å²) in [6, 6.07) is 4.82. The van der Waals surface area contributed by atoms with Crippen molar-refractivity contribution in [2.24, 2.45) is 0 Å². The molecule has 0 aliphatic carbocycles. The van der Waals surface area contributed by atoms with Gasteiger partial charge >= 0.3 is 0 Å². The van der Waals surface area contributed by atoms with Crippen molar-refractivity contribution in [3.05, 3.63) is 23.8 Å². The van der Waals surface area contributed by atoms with Gasteiger partial charge in [0.2, 0.25) is 0 Å². The van der Waals surface area contributed by atoms with Gasteiger partial charge < -0.3 is 9.84 Å². The average Bonchev–Trinajstić information content (AvgIpc) is 2.16. The number of aryl methyl sites for hydroxylation is 1. The lowest BCUT2D eigenvalue weighted by Gasteiger charge is -2.07. The number of hydrogen-bond donors (Lipinski definition) is 1. The van der Waals surface area contributed by atoms with E-state index in [1.54, 1.807) is 19.1 Å². The molecule has 0 radical (unpaired) electrons. The number of phenolic OH excluding ortho intramolecular Hbond substituents is 1. The van der Waals surface area contributed by atoms with Gasteiger partial charge in [0, 0.05) is 11.8 Å². The topological polar surface area (TPSA) is 63.6 Å². The van der Waals surface area contributed by atoms with Crippen LogP contribution in [-0.4, -0.2) is 31.6 Å². The van der Waals surface area contributed by atoms with Crippen molar-refractivity contribution in [3.8, 4) is 11.5 Å². The molecule has 4 nitrogen and oxygen atoms in total. The molecule has 0 aliphatic rings. The lowest BCUT2D eigenvalue weighted by atomic mass is 10.2. The standard InChI is InChI=1S/C11H16O4S/c1-3-16(13,14)5-4-15-11-7-9(2)6-10(12)8-11/h6-8,12H,3-5H2,1-2H3. The lowest BCUT2D eigenvalue weighted by molar-refractivity contribution is 0.338. The molecule has 90 valence electrons. The van der Waals surface area contributed by atoms with Gasteiger partial charge in [0.1, 0.15) is 18.1 Å². The number of benzene rings is 1. The van der Waals surface area contributed by atoms with Gasteiger partial charge in [-0.3, -0.25) is 0 Å². The third-order valence-corrected chi connectivity index (χ3v) is 3.81. The van der Waals surface area contributed by atoms with E-state index in [4.69, 9.17) is 4.74 Å². The molecule has 0 bridgehead atoms. The number of ether oxygens (including phenoxy) is 1. The van der Waals surface area contributed by atoms with E-state index < -0.39 is 9.84 Å². The van der Waals surface area contributed by atoms with Gasteiger partial charge in [0.15, 0.2) is 9.84 Å². The van der Waals surface area contributed by atoms with E-state index >= 15 is 0 Å². The highest BCUT2D eigenvalue weighted by Crippen LogP contribution is 2.21. The first kappa shape index (κ1) is 12.8. The smallest absolute Gasteiger partial charge is 0.153 e. The van der Waals surface area contributed by atoms with Crippen LogP contribution in [0.15, 0.2) is 18.2 Å². The molecule has 0 aliphatic heterocycles. The van der Waals surface area contributed by atoms with Gasteiger partial charge in [-0.05, 0) is 24.6 Å². The van der Waals surface area contributed by atoms with Crippen LogP contribution in [0.3, 0.4) is 0 Å². The van der Waals surface area contributed by atoms with E-state index in [9.17, 15) is 13.5 Å². The van der Waals surface area contributed by atoms with Crippen LogP contribution >= 0.6 is 0 Å². The van der Waals surface area contributed by atoms with Gasteiger partial charge in [-0.25, -0.2) is 8.42 Å². The quantitative estimate of drug-likeness (QED) is 0.852. The molecular formula is C11H16O4S. The maximum absolute atomic E-state index is 11.2. The highest BCUT2D eigenvalue weighted by atomic mass is 32.2. The number of hydrogen-bond acceptors (Lipinski definition) is 4. The van der Waals surface area contributed by atoms with E-state index in [1.165, 1.54) is 6.07 Å². The van der Waals surface area contributed by atoms with Crippen LogP contribution < -0.4 is 4.74 Å². The van der Waals surface area contributed by atoms with Crippen LogP contribution in [0, 0.1) is 6.92 Å². The Hall–Kier alpha value is -1.23. The fourth-order valence-corrected chi connectivity index (χ4v) is 1.87. The van der Waals surface area contributed by atoms with Crippen LogP contribution in [0.4, 0.5) is 0 Å². The fourth-order valence-electron chi connectivity index (χ4n) is 1.24. The van der Waals surface area contributed by atoms with E-state index in [0.717, 1.165) is 5.56 Å². The minimum Gasteiger partial charge on any atom is -0.508 e. The van der Waals surface area contributed by atoms with Crippen molar-refractivity contribution in [1.82, 2.24) is 0 Å². The van der Waals surface area contributed by atoms with E-state index in [1.807, 2.05) is 6.92 Å². The molecule has 16 heavy (non-hydrogen) atoms. The summed E-state index contributed by atoms with van der Waals surface area (Å²) in [5.74, 6) is 0.727. The van der Waals surface area contributed by atoms with Gasteiger partial charge in [0.05, 0.1) is 5.75 Å². The summed E-state index contributed by atoms with van der Waals surface area (Å²) in [5, 5.41) is 9.30. The third-order valence-electron chi connectivity index (χ3n) is 2.14. The molecule has 1 aromatic rings. The van der Waals surface area contributed by atoms with Gasteiger partial charge in [-0.1, -0.05) is 6.92 Å². The molecule has 0 unspecified atom stereocenters. The highest BCUT2D eigenvalue weighted by Gasteiger charge is 2.07. The molecule has 1 rings (SSSR count). The maximum atomic E-state index is 11.2. The Kier molecular flexibility index (Phi) is 4.18. The normalized spacial score (nSPS) is 11.4. The molecule has 5 heteroatoms. The predicted octanol–water partition coefficient (Wildman–Crippen LogP) is 1.51. The van der Waals surface area contributed by atoms with Crippen LogP contribution in [0.25, 0.3) is 0 Å². The lowest BCUT2D eigenvalue weighted by Crippen LogP contribution is -2.15. The third kappa shape index (κ3) is 4.10. The van der Waals surface area contributed by atoms with Crippen molar-refractivity contribution in [3.63, 3.8) is 0 Å². The average molecular weight is 244 g/mol. The Morgan fingerprint density at radius 1 is 1.31 bits per heavy atom. The largest absolute Gasteiger partial charge is 0.508 e. The molecule has 0 spiro atoms. The van der Waals surface area contributed by atoms with E-state index in [0.29, 0.717) is 5.75 Å². The molecule has 1 aromatic carbocycles. The Morgan fingerprint density at radius 2 is 2.00 bits per heavy atom. The van der Waals surface area contributed by atoms with E-state index in [-0.39, 0.29) is 23.9 Å². The van der Waals surface area contributed by atoms with Crippen LogP contribution in [-0.2, 0) is 9.84 Å². The fraction of sp³-hybridized carbons (Fsp3) is 0.455. The molecule has 0 heterocycles. The second-order valence-corrected chi connectivity index (χ2v) is 6.06. The molecule has 0 saturated carbocycles. The maximum Gasteiger partial charge on any atom is 0.153 e. The summed E-state index contributed by atoms with van der Waals surface area (Å²) in [4.78, 5) is 0. The van der Waals surface area contributed by atoms with Crippen LogP contribution in [0.2, 0.25) is 0 Å². The zero-order valence-electron chi connectivity index (χ0n) is 9.43. The van der Waals surface area contributed by atoms with Crippen LogP contribution in [0.5, 0.6) is 11.5 Å². The minimum atomic E-state index is -3.00. The van der Waals surface area contributed by atoms with E-state index in [2.05, 4.69) is 0 Å². The van der Waals surface area contributed by atoms with Gasteiger partial charge in [0.25, 0.3) is 0 Å². The first-order valence-corrected chi connectivity index (χ1v) is 6.89. The van der Waals surface area contributed by atoms with Crippen molar-refractivity contribution in [2.75, 3.05) is 18.1 Å². The first-order chi connectivity index (χ1) is 7.43. The second-order valence-electron chi connectivity index (χ2n) is 3.59. The highest BCUT2D eigenvalue weighted by molar-refractivity contribution is 7.91. The number of aromatic hydroxyl groups is 1. The zero-order chi connectivity index (χ0) is 12.2. The summed E-state index contributed by atoms with van der Waals surface area (Å²) in [7, 11) is -3.00. The number of rotatable bonds is 5. The minimum absolute atomic E-state index is 0.00178. The first-order valence-electron chi connectivity index (χ1n) is 5.07. The molecule has 0 atom stereocenters. The van der Waals surface area contributed by atoms with Gasteiger partial charge in [-0.2, -0.15) is 0 Å². The molecular weight excluding hydrogens is 228 g/mol. The molecule has 0 amide bonds. The summed E-state index contributed by atoms with van der Waals surface area (Å²) in [6.45, 7) is 3.54. The van der Waals surface area contributed by atoms with Gasteiger partial charge in [-0.15, -0.1) is 0 Å². The Labute approximate surface area is 95.8 Å². The molecule has 1 N–H and O–H groups in total. The summed E-state index contributed by atoms with van der Waals surface area (Å²) in [5.41, 5.74) is 0.869. The summed E-state index contributed by atoms with van der Waals surface area (Å²) >= 11 is 0. The van der Waals surface area contributed by atoms with Crippen molar-refractivity contribution in [1.29, 1.82) is 0 Å². The molecule has 0 aromatic heterocycles. The summed E-state index contributed by atoms with van der Waals surface area (Å²) < 4.78 is 27.7. The Morgan fingerprint density at radius 3 is 2.56 bits per heavy atom. The Balaban J connectivity index is 2.55. The number of phenols is 1. The predicted molar refractivity (Wildman–Crippen MR) is 62.7 cm³/mol. The number of sulfone groups is 1. The summed E-state index contributed by atoms with van der Waals surface area (Å²) in [6.07, 6.45) is 0. The monoisotopic (exact) mass is 244 g/mol.